The molecule has 0 radical (unpaired) electrons. The molecule has 1 aromatic carbocycles. The number of aryl methyl sites for hydroxylation is 2. The molecular formula is C19H25NO. The van der Waals surface area contributed by atoms with Crippen LogP contribution in [-0.4, -0.2) is 6.54 Å². The molecule has 112 valence electrons. The fourth-order valence-electron chi connectivity index (χ4n) is 3.43. The van der Waals surface area contributed by atoms with Gasteiger partial charge in [0.25, 0.3) is 0 Å². The van der Waals surface area contributed by atoms with Crippen LogP contribution in [0.5, 0.6) is 0 Å². The highest BCUT2D eigenvalue weighted by molar-refractivity contribution is 5.30. The second-order valence-corrected chi connectivity index (χ2v) is 6.15. The summed E-state index contributed by atoms with van der Waals surface area (Å²) in [6.07, 6.45) is 4.72. The van der Waals surface area contributed by atoms with Crippen molar-refractivity contribution in [1.29, 1.82) is 0 Å². The third-order valence-electron chi connectivity index (χ3n) is 4.54. The van der Waals surface area contributed by atoms with Gasteiger partial charge < -0.3 is 9.73 Å². The Hall–Kier alpha value is -1.54. The molecule has 2 nitrogen and oxygen atoms in total. The van der Waals surface area contributed by atoms with E-state index in [9.17, 15) is 0 Å². The molecule has 0 bridgehead atoms. The van der Waals surface area contributed by atoms with Gasteiger partial charge in [-0.2, -0.15) is 0 Å². The highest BCUT2D eigenvalue weighted by atomic mass is 16.3. The molecule has 21 heavy (non-hydrogen) atoms. The normalized spacial score (nSPS) is 19.2. The summed E-state index contributed by atoms with van der Waals surface area (Å²) in [6, 6.07) is 13.4. The van der Waals surface area contributed by atoms with E-state index in [0.717, 1.165) is 30.9 Å². The summed E-state index contributed by atoms with van der Waals surface area (Å²) in [4.78, 5) is 0. The first kappa shape index (κ1) is 14.4. The van der Waals surface area contributed by atoms with E-state index >= 15 is 0 Å². The van der Waals surface area contributed by atoms with Crippen molar-refractivity contribution in [2.75, 3.05) is 6.54 Å². The van der Waals surface area contributed by atoms with E-state index < -0.39 is 0 Å². The third-order valence-corrected chi connectivity index (χ3v) is 4.54. The number of hydrogen-bond donors (Lipinski definition) is 1. The van der Waals surface area contributed by atoms with Crippen molar-refractivity contribution in [2.24, 2.45) is 5.92 Å². The van der Waals surface area contributed by atoms with Crippen LogP contribution in [0.4, 0.5) is 0 Å². The van der Waals surface area contributed by atoms with Crippen LogP contribution in [0.1, 0.15) is 48.5 Å². The molecule has 2 atom stereocenters. The van der Waals surface area contributed by atoms with Crippen LogP contribution >= 0.6 is 0 Å². The first-order valence-corrected chi connectivity index (χ1v) is 8.14. The van der Waals surface area contributed by atoms with Gasteiger partial charge in [0, 0.05) is 0 Å². The molecule has 1 aliphatic carbocycles. The van der Waals surface area contributed by atoms with E-state index in [0.29, 0.717) is 12.0 Å². The minimum absolute atomic E-state index is 0.340. The van der Waals surface area contributed by atoms with Gasteiger partial charge in [0.1, 0.15) is 11.5 Å². The van der Waals surface area contributed by atoms with E-state index in [1.807, 2.05) is 6.92 Å². The molecule has 0 saturated carbocycles. The Labute approximate surface area is 127 Å². The number of nitrogens with one attached hydrogen (secondary N) is 1. The molecular weight excluding hydrogens is 258 g/mol. The van der Waals surface area contributed by atoms with Gasteiger partial charge >= 0.3 is 0 Å². The Morgan fingerprint density at radius 3 is 2.71 bits per heavy atom. The van der Waals surface area contributed by atoms with Gasteiger partial charge in [-0.1, -0.05) is 31.2 Å². The molecule has 2 heteroatoms. The average Bonchev–Trinajstić information content (AvgIpc) is 2.94. The van der Waals surface area contributed by atoms with E-state index in [4.69, 9.17) is 4.42 Å². The highest BCUT2D eigenvalue weighted by Crippen LogP contribution is 2.34. The largest absolute Gasteiger partial charge is 0.465 e. The van der Waals surface area contributed by atoms with Crippen LogP contribution in [0.25, 0.3) is 0 Å². The number of rotatable bonds is 5. The summed E-state index contributed by atoms with van der Waals surface area (Å²) in [7, 11) is 0. The Morgan fingerprint density at radius 1 is 1.19 bits per heavy atom. The van der Waals surface area contributed by atoms with Gasteiger partial charge in [0.05, 0.1) is 6.04 Å². The smallest absolute Gasteiger partial charge is 0.121 e. The second kappa shape index (κ2) is 6.48. The number of fused-ring (bicyclic) bond motifs is 1. The molecule has 1 N–H and O–H groups in total. The van der Waals surface area contributed by atoms with Crippen LogP contribution in [0.2, 0.25) is 0 Å². The molecule has 0 amide bonds. The van der Waals surface area contributed by atoms with E-state index in [2.05, 4.69) is 48.6 Å². The summed E-state index contributed by atoms with van der Waals surface area (Å²) in [5.74, 6) is 2.73. The van der Waals surface area contributed by atoms with Crippen molar-refractivity contribution in [3.8, 4) is 0 Å². The van der Waals surface area contributed by atoms with Gasteiger partial charge in [-0.3, -0.25) is 0 Å². The summed E-state index contributed by atoms with van der Waals surface area (Å²) < 4.78 is 5.92. The number of furan rings is 1. The summed E-state index contributed by atoms with van der Waals surface area (Å²) in [6.45, 7) is 5.28. The maximum Gasteiger partial charge on any atom is 0.121 e. The van der Waals surface area contributed by atoms with Crippen LogP contribution in [0.15, 0.2) is 40.8 Å². The summed E-state index contributed by atoms with van der Waals surface area (Å²) in [5.41, 5.74) is 3.04. The lowest BCUT2D eigenvalue weighted by Gasteiger charge is -2.31. The molecule has 3 rings (SSSR count). The molecule has 0 fully saturated rings. The standard InChI is InChI=1S/C19H25NO/c1-3-12-20-19(18-11-8-14(2)21-18)17-10-9-15-6-4-5-7-16(15)13-17/h4-8,11,17,19-20H,3,9-10,12-13H2,1-2H3. The van der Waals surface area contributed by atoms with Crippen molar-refractivity contribution in [3.05, 3.63) is 59.0 Å². The molecule has 1 aliphatic rings. The second-order valence-electron chi connectivity index (χ2n) is 6.15. The summed E-state index contributed by atoms with van der Waals surface area (Å²) in [5, 5.41) is 3.71. The molecule has 0 aliphatic heterocycles. The Bertz CT molecular complexity index is 587. The lowest BCUT2D eigenvalue weighted by atomic mass is 9.79. The van der Waals surface area contributed by atoms with Gasteiger partial charge in [-0.15, -0.1) is 0 Å². The zero-order valence-corrected chi connectivity index (χ0v) is 13.1. The Morgan fingerprint density at radius 2 is 2.00 bits per heavy atom. The van der Waals surface area contributed by atoms with Gasteiger partial charge in [0.2, 0.25) is 0 Å². The average molecular weight is 283 g/mol. The van der Waals surface area contributed by atoms with Gasteiger partial charge in [-0.05, 0) is 68.3 Å². The minimum atomic E-state index is 0.340. The topological polar surface area (TPSA) is 25.2 Å². The predicted molar refractivity (Wildman–Crippen MR) is 86.4 cm³/mol. The van der Waals surface area contributed by atoms with Gasteiger partial charge in [-0.25, -0.2) is 0 Å². The Balaban J connectivity index is 1.81. The van der Waals surface area contributed by atoms with Crippen LogP contribution in [-0.2, 0) is 12.8 Å². The van der Waals surface area contributed by atoms with Crippen LogP contribution < -0.4 is 5.32 Å². The van der Waals surface area contributed by atoms with Crippen molar-refractivity contribution >= 4 is 0 Å². The fourth-order valence-corrected chi connectivity index (χ4v) is 3.43. The molecule has 2 unspecified atom stereocenters. The van der Waals surface area contributed by atoms with Gasteiger partial charge in [0.15, 0.2) is 0 Å². The maximum atomic E-state index is 5.92. The van der Waals surface area contributed by atoms with E-state index in [-0.39, 0.29) is 0 Å². The molecule has 0 spiro atoms. The van der Waals surface area contributed by atoms with Crippen LogP contribution in [0, 0.1) is 12.8 Å². The highest BCUT2D eigenvalue weighted by Gasteiger charge is 2.28. The van der Waals surface area contributed by atoms with Crippen molar-refractivity contribution in [3.63, 3.8) is 0 Å². The third kappa shape index (κ3) is 3.21. The van der Waals surface area contributed by atoms with Crippen molar-refractivity contribution < 1.29 is 4.42 Å². The molecule has 1 heterocycles. The fraction of sp³-hybridized carbons (Fsp3) is 0.474. The zero-order valence-electron chi connectivity index (χ0n) is 13.1. The SMILES string of the molecule is CCCNC(c1ccc(C)o1)C1CCc2ccccc2C1. The zero-order chi connectivity index (χ0) is 14.7. The lowest BCUT2D eigenvalue weighted by Crippen LogP contribution is -2.32. The first-order chi connectivity index (χ1) is 10.3. The van der Waals surface area contributed by atoms with Crippen molar-refractivity contribution in [1.82, 2.24) is 5.32 Å². The van der Waals surface area contributed by atoms with E-state index in [1.165, 1.54) is 24.0 Å². The predicted octanol–water partition coefficient (Wildman–Crippen LogP) is 4.43. The molecule has 2 aromatic rings. The Kier molecular flexibility index (Phi) is 4.45. The minimum Gasteiger partial charge on any atom is -0.465 e. The summed E-state index contributed by atoms with van der Waals surface area (Å²) >= 11 is 0. The lowest BCUT2D eigenvalue weighted by molar-refractivity contribution is 0.281. The number of benzene rings is 1. The molecule has 0 saturated heterocycles. The van der Waals surface area contributed by atoms with Crippen molar-refractivity contribution in [2.45, 2.75) is 45.6 Å². The monoisotopic (exact) mass is 283 g/mol. The van der Waals surface area contributed by atoms with Crippen LogP contribution in [0.3, 0.4) is 0 Å². The number of hydrogen-bond acceptors (Lipinski definition) is 2. The quantitative estimate of drug-likeness (QED) is 0.878. The molecule has 1 aromatic heterocycles. The first-order valence-electron chi connectivity index (χ1n) is 8.14. The maximum absolute atomic E-state index is 5.92. The van der Waals surface area contributed by atoms with E-state index in [1.54, 1.807) is 0 Å².